The van der Waals surface area contributed by atoms with Gasteiger partial charge in [0.15, 0.2) is 0 Å². The largest absolute Gasteiger partial charge is 0.423 e. The van der Waals surface area contributed by atoms with Gasteiger partial charge in [-0.25, -0.2) is 4.98 Å². The lowest BCUT2D eigenvalue weighted by molar-refractivity contribution is 0.185. The molecule has 0 radical (unpaired) electrons. The molecule has 3 N–H and O–H groups in total. The number of piperidine rings is 1. The van der Waals surface area contributed by atoms with Crippen LogP contribution in [0.25, 0.3) is 0 Å². The molecule has 0 spiro atoms. The molecule has 2 unspecified atom stereocenters. The summed E-state index contributed by atoms with van der Waals surface area (Å²) in [7, 11) is 0. The molecule has 44 heavy (non-hydrogen) atoms. The van der Waals surface area contributed by atoms with Crippen LogP contribution >= 0.6 is 11.3 Å². The van der Waals surface area contributed by atoms with Crippen LogP contribution in [0.15, 0.2) is 70.5 Å². The van der Waals surface area contributed by atoms with Gasteiger partial charge >= 0.3 is 0 Å². The average Bonchev–Trinajstić information content (AvgIpc) is 3.65. The molecular weight excluding hydrogens is 561 g/mol. The van der Waals surface area contributed by atoms with Crippen molar-refractivity contribution in [2.24, 2.45) is 17.8 Å². The minimum atomic E-state index is 0.0177. The smallest absolute Gasteiger partial charge is 0.220 e. The number of aromatic nitrogens is 1. The molecule has 2 aliphatic rings. The van der Waals surface area contributed by atoms with E-state index in [1.807, 2.05) is 11.3 Å². The second-order valence-corrected chi connectivity index (χ2v) is 15.0. The van der Waals surface area contributed by atoms with E-state index in [0.717, 1.165) is 54.8 Å². The van der Waals surface area contributed by atoms with Gasteiger partial charge in [-0.15, -0.1) is 11.3 Å². The Morgan fingerprint density at radius 3 is 2.48 bits per heavy atom. The predicted octanol–water partition coefficient (Wildman–Crippen LogP) is 9.78. The van der Waals surface area contributed by atoms with E-state index in [4.69, 9.17) is 15.1 Å². The molecular formula is C38H50N4OS. The fourth-order valence-electron chi connectivity index (χ4n) is 7.66. The lowest BCUT2D eigenvalue weighted by atomic mass is 9.67. The Morgan fingerprint density at radius 2 is 1.77 bits per heavy atom. The first-order valence-corrected chi connectivity index (χ1v) is 17.6. The summed E-state index contributed by atoms with van der Waals surface area (Å²) in [5, 5.41) is 6.05. The number of nitrogens with two attached hydrogens (primary N) is 1. The third-order valence-electron chi connectivity index (χ3n) is 10.3. The maximum atomic E-state index is 6.87. The van der Waals surface area contributed by atoms with E-state index >= 15 is 0 Å². The molecule has 2 fully saturated rings. The van der Waals surface area contributed by atoms with Gasteiger partial charge in [-0.05, 0) is 85.4 Å². The Balaban J connectivity index is 1.26. The highest BCUT2D eigenvalue weighted by Crippen LogP contribution is 2.47. The van der Waals surface area contributed by atoms with Crippen molar-refractivity contribution in [3.63, 3.8) is 0 Å². The molecule has 1 aliphatic carbocycles. The van der Waals surface area contributed by atoms with E-state index < -0.39 is 0 Å². The molecule has 2 aromatic carbocycles. The molecule has 1 aliphatic heterocycles. The van der Waals surface area contributed by atoms with Crippen molar-refractivity contribution >= 4 is 28.6 Å². The number of anilines is 3. The maximum Gasteiger partial charge on any atom is 0.220 e. The standard InChI is InChI=1S/C38H50N4OS/c1-26-11-10-21-42(25-26)37-34(24-28-13-6-5-7-14-28)41-36(43-37)33(40-32-15-9-8-12-27(32)2)23-29-16-18-30(19-17-29)38(3,4)35-31(39)20-22-44-35/h5-9,12-15,20,22,26,29-30,33,40H,10-11,16-19,21,23-25,39H2,1-4H3. The van der Waals surface area contributed by atoms with Crippen LogP contribution in [0.4, 0.5) is 17.3 Å². The average molecular weight is 611 g/mol. The van der Waals surface area contributed by atoms with Crippen LogP contribution in [0, 0.1) is 24.7 Å². The number of benzene rings is 2. The number of oxazole rings is 1. The Labute approximate surface area is 268 Å². The normalized spacial score (nSPS) is 21.7. The summed E-state index contributed by atoms with van der Waals surface area (Å²) in [6.07, 6.45) is 9.18. The van der Waals surface area contributed by atoms with Crippen molar-refractivity contribution in [2.45, 2.75) is 90.5 Å². The van der Waals surface area contributed by atoms with Gasteiger partial charge in [0, 0.05) is 41.2 Å². The third-order valence-corrected chi connectivity index (χ3v) is 11.6. The molecule has 6 heteroatoms. The lowest BCUT2D eigenvalue weighted by Gasteiger charge is -2.40. The highest BCUT2D eigenvalue weighted by Gasteiger charge is 2.37. The molecule has 3 heterocycles. The summed E-state index contributed by atoms with van der Waals surface area (Å²) >= 11 is 1.82. The second-order valence-electron chi connectivity index (χ2n) is 14.1. The summed E-state index contributed by atoms with van der Waals surface area (Å²) in [6.45, 7) is 11.4. The number of rotatable bonds is 10. The zero-order chi connectivity index (χ0) is 30.7. The number of nitrogen functional groups attached to an aromatic ring is 1. The minimum Gasteiger partial charge on any atom is -0.423 e. The fraction of sp³-hybridized carbons (Fsp3) is 0.500. The quantitative estimate of drug-likeness (QED) is 0.187. The first-order valence-electron chi connectivity index (χ1n) is 16.7. The van der Waals surface area contributed by atoms with Crippen molar-refractivity contribution in [1.82, 2.24) is 4.98 Å². The van der Waals surface area contributed by atoms with Crippen LogP contribution in [-0.2, 0) is 11.8 Å². The van der Waals surface area contributed by atoms with Gasteiger partial charge in [0.1, 0.15) is 11.7 Å². The first-order chi connectivity index (χ1) is 21.3. The molecule has 1 saturated carbocycles. The molecule has 0 bridgehead atoms. The van der Waals surface area contributed by atoms with Crippen LogP contribution in [0.1, 0.15) is 99.3 Å². The number of thiophene rings is 1. The van der Waals surface area contributed by atoms with Gasteiger partial charge in [0.25, 0.3) is 0 Å². The lowest BCUT2D eigenvalue weighted by Crippen LogP contribution is -2.34. The zero-order valence-corrected chi connectivity index (χ0v) is 27.8. The van der Waals surface area contributed by atoms with Crippen LogP contribution < -0.4 is 16.0 Å². The Morgan fingerprint density at radius 1 is 1.02 bits per heavy atom. The van der Waals surface area contributed by atoms with Gasteiger partial charge < -0.3 is 20.4 Å². The molecule has 2 aromatic heterocycles. The van der Waals surface area contributed by atoms with Gasteiger partial charge in [0.05, 0.1) is 0 Å². The Kier molecular flexibility index (Phi) is 9.37. The molecule has 2 atom stereocenters. The van der Waals surface area contributed by atoms with Crippen molar-refractivity contribution in [3.8, 4) is 0 Å². The maximum absolute atomic E-state index is 6.87. The molecule has 234 valence electrons. The topological polar surface area (TPSA) is 67.3 Å². The van der Waals surface area contributed by atoms with E-state index in [0.29, 0.717) is 17.8 Å². The van der Waals surface area contributed by atoms with Gasteiger partial charge in [-0.2, -0.15) is 0 Å². The summed E-state index contributed by atoms with van der Waals surface area (Å²) in [5.74, 6) is 3.74. The van der Waals surface area contributed by atoms with Crippen molar-refractivity contribution in [2.75, 3.05) is 29.0 Å². The fourth-order valence-corrected chi connectivity index (χ4v) is 8.69. The number of nitrogens with zero attached hydrogens (tertiary/aromatic N) is 2. The summed E-state index contributed by atoms with van der Waals surface area (Å²) in [6, 6.07) is 21.4. The van der Waals surface area contributed by atoms with Gasteiger partial charge in [0.2, 0.25) is 11.8 Å². The summed E-state index contributed by atoms with van der Waals surface area (Å²) < 4.78 is 6.87. The number of aryl methyl sites for hydroxylation is 1. The number of nitrogens with one attached hydrogen (secondary N) is 1. The summed E-state index contributed by atoms with van der Waals surface area (Å²) in [4.78, 5) is 9.12. The molecule has 1 saturated heterocycles. The van der Waals surface area contributed by atoms with E-state index in [9.17, 15) is 0 Å². The Hall–Kier alpha value is -3.25. The van der Waals surface area contributed by atoms with E-state index in [1.165, 1.54) is 54.5 Å². The zero-order valence-electron chi connectivity index (χ0n) is 27.0. The molecule has 6 rings (SSSR count). The monoisotopic (exact) mass is 610 g/mol. The highest BCUT2D eigenvalue weighted by molar-refractivity contribution is 7.10. The van der Waals surface area contributed by atoms with Crippen LogP contribution in [0.3, 0.4) is 0 Å². The van der Waals surface area contributed by atoms with Crippen LogP contribution in [0.5, 0.6) is 0 Å². The van der Waals surface area contributed by atoms with Crippen molar-refractivity contribution in [3.05, 3.63) is 93.6 Å². The van der Waals surface area contributed by atoms with E-state index in [1.54, 1.807) is 0 Å². The molecule has 0 amide bonds. The number of hydrogen-bond donors (Lipinski definition) is 2. The van der Waals surface area contributed by atoms with E-state index in [-0.39, 0.29) is 11.5 Å². The predicted molar refractivity (Wildman–Crippen MR) is 186 cm³/mol. The second kappa shape index (κ2) is 13.4. The number of para-hydroxylation sites is 1. The summed E-state index contributed by atoms with van der Waals surface area (Å²) in [5.41, 5.74) is 12.2. The van der Waals surface area contributed by atoms with Crippen molar-refractivity contribution in [1.29, 1.82) is 0 Å². The van der Waals surface area contributed by atoms with E-state index in [2.05, 4.69) is 104 Å². The SMILES string of the molecule is Cc1ccccc1NC(CC1CCC(C(C)(C)c2sccc2N)CC1)c1nc(Cc2ccccc2)c(N2CCCC(C)C2)o1. The minimum absolute atomic E-state index is 0.0177. The van der Waals surface area contributed by atoms with Crippen molar-refractivity contribution < 1.29 is 4.42 Å². The Bertz CT molecular complexity index is 1500. The van der Waals surface area contributed by atoms with Crippen LogP contribution in [-0.4, -0.2) is 18.1 Å². The third kappa shape index (κ3) is 6.86. The van der Waals surface area contributed by atoms with Crippen LogP contribution in [0.2, 0.25) is 0 Å². The number of hydrogen-bond acceptors (Lipinski definition) is 6. The molecule has 5 nitrogen and oxygen atoms in total. The molecule has 4 aromatic rings. The first kappa shape index (κ1) is 30.8. The highest BCUT2D eigenvalue weighted by atomic mass is 32.1. The van der Waals surface area contributed by atoms with Gasteiger partial charge in [-0.3, -0.25) is 0 Å². The van der Waals surface area contributed by atoms with Gasteiger partial charge in [-0.1, -0.05) is 82.1 Å².